The number of carbonyl (C=O) groups excluding carboxylic acids is 1. The van der Waals surface area contributed by atoms with Gasteiger partial charge in [-0.2, -0.15) is 5.10 Å². The number of nitrogens with zero attached hydrogens (tertiary/aromatic N) is 3. The lowest BCUT2D eigenvalue weighted by molar-refractivity contribution is 0.0517. The van der Waals surface area contributed by atoms with Gasteiger partial charge in [-0.25, -0.2) is 9.31 Å². The molecule has 1 aliphatic rings. The van der Waals surface area contributed by atoms with Crippen molar-refractivity contribution in [2.75, 3.05) is 19.7 Å². The molecule has 5 heteroatoms. The van der Waals surface area contributed by atoms with Gasteiger partial charge in [-0.1, -0.05) is 6.92 Å². The molecule has 5 nitrogen and oxygen atoms in total. The number of piperidine rings is 1. The monoisotopic (exact) mass is 301 g/mol. The van der Waals surface area contributed by atoms with E-state index < -0.39 is 0 Å². The zero-order chi connectivity index (χ0) is 15.5. The van der Waals surface area contributed by atoms with E-state index in [2.05, 4.69) is 16.9 Å². The fourth-order valence-corrected chi connectivity index (χ4v) is 3.20. The average molecular weight is 301 g/mol. The smallest absolute Gasteiger partial charge is 0.358 e. The van der Waals surface area contributed by atoms with Gasteiger partial charge in [0.05, 0.1) is 12.1 Å². The van der Waals surface area contributed by atoms with Gasteiger partial charge in [0.2, 0.25) is 0 Å². The highest BCUT2D eigenvalue weighted by Gasteiger charge is 2.19. The van der Waals surface area contributed by atoms with Crippen molar-refractivity contribution in [3.8, 4) is 0 Å². The highest BCUT2D eigenvalue weighted by Crippen LogP contribution is 2.20. The molecule has 1 saturated heterocycles. The van der Waals surface area contributed by atoms with E-state index in [0.29, 0.717) is 12.3 Å². The molecule has 0 N–H and O–H groups in total. The van der Waals surface area contributed by atoms with Gasteiger partial charge in [0, 0.05) is 19.3 Å². The van der Waals surface area contributed by atoms with E-state index in [9.17, 15) is 4.79 Å². The zero-order valence-corrected chi connectivity index (χ0v) is 13.3. The Balaban J connectivity index is 1.89. The predicted molar refractivity (Wildman–Crippen MR) is 84.8 cm³/mol. The van der Waals surface area contributed by atoms with E-state index in [4.69, 9.17) is 4.74 Å². The molecule has 22 heavy (non-hydrogen) atoms. The maximum absolute atomic E-state index is 12.0. The highest BCUT2D eigenvalue weighted by atomic mass is 16.5. The standard InChI is InChI=1S/C17H23N3O2/c1-3-22-17(21)15-10-14(16-7-5-9-20(16)18-15)12-19-8-4-6-13(2)11-19/h5,7,9-10,13H,3-4,6,8,11-12H2,1-2H3/t13-/m0/s1. The summed E-state index contributed by atoms with van der Waals surface area (Å²) < 4.78 is 6.86. The van der Waals surface area contributed by atoms with Gasteiger partial charge in [0.1, 0.15) is 0 Å². The van der Waals surface area contributed by atoms with Gasteiger partial charge in [-0.3, -0.25) is 4.90 Å². The van der Waals surface area contributed by atoms with Gasteiger partial charge in [0.15, 0.2) is 5.69 Å². The maximum atomic E-state index is 12.0. The third-order valence-electron chi connectivity index (χ3n) is 4.20. The van der Waals surface area contributed by atoms with Crippen molar-refractivity contribution in [3.05, 3.63) is 35.7 Å². The van der Waals surface area contributed by atoms with Gasteiger partial charge >= 0.3 is 5.97 Å². The summed E-state index contributed by atoms with van der Waals surface area (Å²) in [6.45, 7) is 7.56. The van der Waals surface area contributed by atoms with Crippen molar-refractivity contribution in [2.24, 2.45) is 5.92 Å². The summed E-state index contributed by atoms with van der Waals surface area (Å²) in [7, 11) is 0. The largest absolute Gasteiger partial charge is 0.461 e. The Morgan fingerprint density at radius 1 is 1.50 bits per heavy atom. The number of rotatable bonds is 4. The van der Waals surface area contributed by atoms with Crippen LogP contribution >= 0.6 is 0 Å². The Hall–Kier alpha value is -1.88. The third-order valence-corrected chi connectivity index (χ3v) is 4.20. The Kier molecular flexibility index (Phi) is 4.43. The molecule has 0 bridgehead atoms. The molecule has 1 aliphatic heterocycles. The summed E-state index contributed by atoms with van der Waals surface area (Å²) in [6.07, 6.45) is 4.43. The van der Waals surface area contributed by atoms with Crippen molar-refractivity contribution < 1.29 is 9.53 Å². The van der Waals surface area contributed by atoms with Crippen LogP contribution in [0.2, 0.25) is 0 Å². The topological polar surface area (TPSA) is 46.8 Å². The molecule has 1 fully saturated rings. The number of likely N-dealkylation sites (tertiary alicyclic amines) is 1. The van der Waals surface area contributed by atoms with Crippen LogP contribution in [0.3, 0.4) is 0 Å². The van der Waals surface area contributed by atoms with E-state index >= 15 is 0 Å². The summed E-state index contributed by atoms with van der Waals surface area (Å²) in [6, 6.07) is 5.89. The lowest BCUT2D eigenvalue weighted by Gasteiger charge is -2.31. The van der Waals surface area contributed by atoms with Crippen molar-refractivity contribution in [1.29, 1.82) is 0 Å². The first-order valence-electron chi connectivity index (χ1n) is 8.04. The third kappa shape index (κ3) is 3.14. The fourth-order valence-electron chi connectivity index (χ4n) is 3.20. The molecule has 0 aromatic carbocycles. The average Bonchev–Trinajstić information content (AvgIpc) is 2.96. The number of hydrogen-bond donors (Lipinski definition) is 0. The fraction of sp³-hybridized carbons (Fsp3) is 0.529. The Bertz CT molecular complexity index is 665. The van der Waals surface area contributed by atoms with Crippen molar-refractivity contribution >= 4 is 11.5 Å². The summed E-state index contributed by atoms with van der Waals surface area (Å²) >= 11 is 0. The molecule has 0 spiro atoms. The van der Waals surface area contributed by atoms with Crippen molar-refractivity contribution in [1.82, 2.24) is 14.5 Å². The summed E-state index contributed by atoms with van der Waals surface area (Å²) in [5, 5.41) is 4.35. The Labute approximate surface area is 130 Å². The molecule has 0 amide bonds. The van der Waals surface area contributed by atoms with Crippen LogP contribution in [0.1, 0.15) is 42.7 Å². The molecule has 118 valence electrons. The second kappa shape index (κ2) is 6.48. The summed E-state index contributed by atoms with van der Waals surface area (Å²) in [5.74, 6) is 0.384. The van der Waals surface area contributed by atoms with Crippen LogP contribution in [0.4, 0.5) is 0 Å². The van der Waals surface area contributed by atoms with E-state index in [0.717, 1.165) is 36.6 Å². The van der Waals surface area contributed by atoms with Crippen LogP contribution in [0, 0.1) is 5.92 Å². The van der Waals surface area contributed by atoms with Crippen LogP contribution < -0.4 is 0 Å². The molecular formula is C17H23N3O2. The normalized spacial score (nSPS) is 19.5. The number of ether oxygens (including phenoxy) is 1. The molecule has 2 aromatic heterocycles. The molecule has 1 atom stereocenters. The molecule has 0 aliphatic carbocycles. The summed E-state index contributed by atoms with van der Waals surface area (Å²) in [5.41, 5.74) is 2.58. The van der Waals surface area contributed by atoms with Crippen molar-refractivity contribution in [2.45, 2.75) is 33.2 Å². The van der Waals surface area contributed by atoms with Gasteiger partial charge in [-0.15, -0.1) is 0 Å². The summed E-state index contributed by atoms with van der Waals surface area (Å²) in [4.78, 5) is 14.5. The Morgan fingerprint density at radius 3 is 3.14 bits per heavy atom. The molecular weight excluding hydrogens is 278 g/mol. The molecule has 2 aromatic rings. The minimum Gasteiger partial charge on any atom is -0.461 e. The Morgan fingerprint density at radius 2 is 2.36 bits per heavy atom. The molecule has 0 unspecified atom stereocenters. The quantitative estimate of drug-likeness (QED) is 0.815. The first-order valence-corrected chi connectivity index (χ1v) is 8.04. The number of aromatic nitrogens is 2. The van der Waals surface area contributed by atoms with Crippen LogP contribution in [0.5, 0.6) is 0 Å². The number of fused-ring (bicyclic) bond motifs is 1. The number of esters is 1. The number of hydrogen-bond acceptors (Lipinski definition) is 4. The minimum atomic E-state index is -0.355. The lowest BCUT2D eigenvalue weighted by Crippen LogP contribution is -2.34. The van der Waals surface area contributed by atoms with Gasteiger partial charge in [0.25, 0.3) is 0 Å². The number of carbonyl (C=O) groups is 1. The first-order chi connectivity index (χ1) is 10.7. The second-order valence-corrected chi connectivity index (χ2v) is 6.10. The highest BCUT2D eigenvalue weighted by molar-refractivity contribution is 5.87. The van der Waals surface area contributed by atoms with Crippen LogP contribution in [-0.2, 0) is 11.3 Å². The maximum Gasteiger partial charge on any atom is 0.358 e. The van der Waals surface area contributed by atoms with E-state index in [-0.39, 0.29) is 5.97 Å². The van der Waals surface area contributed by atoms with E-state index in [1.165, 1.54) is 12.8 Å². The van der Waals surface area contributed by atoms with Crippen LogP contribution in [-0.4, -0.2) is 40.2 Å². The van der Waals surface area contributed by atoms with Crippen molar-refractivity contribution in [3.63, 3.8) is 0 Å². The zero-order valence-electron chi connectivity index (χ0n) is 13.3. The van der Waals surface area contributed by atoms with E-state index in [1.807, 2.05) is 31.3 Å². The van der Waals surface area contributed by atoms with Crippen LogP contribution in [0.15, 0.2) is 24.4 Å². The molecule has 3 rings (SSSR count). The van der Waals surface area contributed by atoms with Crippen LogP contribution in [0.25, 0.3) is 5.52 Å². The molecule has 0 saturated carbocycles. The molecule has 0 radical (unpaired) electrons. The predicted octanol–water partition coefficient (Wildman–Crippen LogP) is 2.74. The first kappa shape index (κ1) is 15.0. The lowest BCUT2D eigenvalue weighted by atomic mass is 10.00. The van der Waals surface area contributed by atoms with Gasteiger partial charge in [-0.05, 0) is 56.0 Å². The second-order valence-electron chi connectivity index (χ2n) is 6.10. The van der Waals surface area contributed by atoms with E-state index in [1.54, 1.807) is 4.52 Å². The SMILES string of the molecule is CCOC(=O)c1cc(CN2CCC[C@H](C)C2)c2cccn2n1. The molecule has 3 heterocycles. The minimum absolute atomic E-state index is 0.355. The van der Waals surface area contributed by atoms with Gasteiger partial charge < -0.3 is 4.74 Å².